The molecule has 1 amide bonds. The molecule has 4 rings (SSSR count). The molecule has 33 heavy (non-hydrogen) atoms. The molecule has 0 radical (unpaired) electrons. The third-order valence-corrected chi connectivity index (χ3v) is 5.70. The van der Waals surface area contributed by atoms with Crippen molar-refractivity contribution in [1.29, 1.82) is 0 Å². The molecule has 2 aromatic carbocycles. The summed E-state index contributed by atoms with van der Waals surface area (Å²) in [6.45, 7) is 2.44. The Bertz CT molecular complexity index is 1170. The van der Waals surface area contributed by atoms with Crippen molar-refractivity contribution in [2.75, 3.05) is 41.4 Å². The van der Waals surface area contributed by atoms with E-state index in [1.54, 1.807) is 0 Å². The number of hydrogen-bond acceptors (Lipinski definition) is 8. The highest BCUT2D eigenvalue weighted by molar-refractivity contribution is 6.36. The van der Waals surface area contributed by atoms with Crippen LogP contribution in [0.2, 0.25) is 10.0 Å². The highest BCUT2D eigenvalue weighted by atomic mass is 35.5. The molecular weight excluding hydrogens is 469 g/mol. The number of nitrogens with zero attached hydrogens (tertiary/aromatic N) is 5. The minimum Gasteiger partial charge on any atom is -0.368 e. The molecule has 3 aromatic rings. The van der Waals surface area contributed by atoms with Crippen LogP contribution < -0.4 is 20.7 Å². The normalized spacial score (nSPS) is 13.5. The van der Waals surface area contributed by atoms with Crippen LogP contribution in [0.1, 0.15) is 10.4 Å². The van der Waals surface area contributed by atoms with Crippen LogP contribution in [0.5, 0.6) is 0 Å². The van der Waals surface area contributed by atoms with Crippen molar-refractivity contribution in [2.45, 2.75) is 0 Å². The van der Waals surface area contributed by atoms with Crippen molar-refractivity contribution in [2.24, 2.45) is 0 Å². The predicted molar refractivity (Wildman–Crippen MR) is 127 cm³/mol. The Labute approximate surface area is 199 Å². The van der Waals surface area contributed by atoms with E-state index in [-0.39, 0.29) is 27.9 Å². The molecule has 170 valence electrons. The number of nitro groups is 1. The SMILES string of the molecule is O=C(NNc1ncnc(N2CCN(c3ccccc3)CC2)c1[N+](=O)[O-])c1ccc(Cl)cc1Cl. The Morgan fingerprint density at radius 1 is 1.00 bits per heavy atom. The number of nitrogens with one attached hydrogen (secondary N) is 2. The van der Waals surface area contributed by atoms with Crippen molar-refractivity contribution in [3.05, 3.63) is 80.6 Å². The molecule has 2 N–H and O–H groups in total. The zero-order valence-corrected chi connectivity index (χ0v) is 18.8. The van der Waals surface area contributed by atoms with E-state index in [9.17, 15) is 14.9 Å². The lowest BCUT2D eigenvalue weighted by molar-refractivity contribution is -0.383. The van der Waals surface area contributed by atoms with Crippen molar-refractivity contribution in [3.63, 3.8) is 0 Å². The first kappa shape index (κ1) is 22.6. The zero-order valence-electron chi connectivity index (χ0n) is 17.2. The van der Waals surface area contributed by atoms with Crippen LogP contribution in [0.25, 0.3) is 0 Å². The summed E-state index contributed by atoms with van der Waals surface area (Å²) in [6.07, 6.45) is 1.22. The molecular formula is C21H19Cl2N7O3. The molecule has 2 heterocycles. The number of rotatable bonds is 6. The maximum Gasteiger partial charge on any atom is 0.355 e. The summed E-state index contributed by atoms with van der Waals surface area (Å²) in [5.41, 5.74) is 5.85. The average Bonchev–Trinajstić information content (AvgIpc) is 2.83. The first-order chi connectivity index (χ1) is 15.9. The van der Waals surface area contributed by atoms with Gasteiger partial charge >= 0.3 is 5.69 Å². The van der Waals surface area contributed by atoms with E-state index in [2.05, 4.69) is 25.7 Å². The van der Waals surface area contributed by atoms with Gasteiger partial charge in [0, 0.05) is 36.9 Å². The van der Waals surface area contributed by atoms with E-state index in [1.807, 2.05) is 35.2 Å². The van der Waals surface area contributed by atoms with E-state index >= 15 is 0 Å². The topological polar surface area (TPSA) is 117 Å². The van der Waals surface area contributed by atoms with Crippen molar-refractivity contribution in [1.82, 2.24) is 15.4 Å². The van der Waals surface area contributed by atoms with Crippen LogP contribution in [0, 0.1) is 10.1 Å². The predicted octanol–water partition coefficient (Wildman–Crippen LogP) is 3.78. The van der Waals surface area contributed by atoms with Crippen LogP contribution in [0.3, 0.4) is 0 Å². The molecule has 1 saturated heterocycles. The Morgan fingerprint density at radius 2 is 1.70 bits per heavy atom. The van der Waals surface area contributed by atoms with Crippen LogP contribution in [-0.4, -0.2) is 47.0 Å². The molecule has 1 aliphatic heterocycles. The molecule has 1 aromatic heterocycles. The molecule has 0 aliphatic carbocycles. The van der Waals surface area contributed by atoms with Gasteiger partial charge in [0.25, 0.3) is 5.91 Å². The second-order valence-corrected chi connectivity index (χ2v) is 8.01. The molecule has 10 nitrogen and oxygen atoms in total. The molecule has 0 bridgehead atoms. The average molecular weight is 488 g/mol. The number of para-hydroxylation sites is 1. The van der Waals surface area contributed by atoms with E-state index in [0.717, 1.165) is 5.69 Å². The Morgan fingerprint density at radius 3 is 2.36 bits per heavy atom. The van der Waals surface area contributed by atoms with Gasteiger partial charge in [-0.25, -0.2) is 9.97 Å². The minimum atomic E-state index is -0.595. The second kappa shape index (κ2) is 9.88. The lowest BCUT2D eigenvalue weighted by atomic mass is 10.2. The number of benzene rings is 2. The van der Waals surface area contributed by atoms with Gasteiger partial charge in [-0.05, 0) is 30.3 Å². The van der Waals surface area contributed by atoms with Gasteiger partial charge in [-0.1, -0.05) is 41.4 Å². The third-order valence-electron chi connectivity index (χ3n) is 5.16. The lowest BCUT2D eigenvalue weighted by Gasteiger charge is -2.36. The molecule has 0 unspecified atom stereocenters. The van der Waals surface area contributed by atoms with Gasteiger partial charge < -0.3 is 9.80 Å². The fraction of sp³-hybridized carbons (Fsp3) is 0.190. The van der Waals surface area contributed by atoms with Gasteiger partial charge in [0.15, 0.2) is 0 Å². The number of halogens is 2. The maximum atomic E-state index is 12.5. The molecule has 0 atom stereocenters. The van der Waals surface area contributed by atoms with E-state index in [1.165, 1.54) is 24.5 Å². The van der Waals surface area contributed by atoms with Gasteiger partial charge in [0.2, 0.25) is 11.6 Å². The number of anilines is 3. The zero-order chi connectivity index (χ0) is 23.4. The molecule has 12 heteroatoms. The summed E-state index contributed by atoms with van der Waals surface area (Å²) in [6, 6.07) is 14.4. The summed E-state index contributed by atoms with van der Waals surface area (Å²) >= 11 is 11.9. The number of piperazine rings is 1. The number of carbonyl (C=O) groups is 1. The number of hydrazine groups is 1. The van der Waals surface area contributed by atoms with Gasteiger partial charge in [0.05, 0.1) is 15.5 Å². The Kier molecular flexibility index (Phi) is 6.76. The lowest BCUT2D eigenvalue weighted by Crippen LogP contribution is -2.47. The van der Waals surface area contributed by atoms with Gasteiger partial charge in [-0.3, -0.25) is 25.8 Å². The van der Waals surface area contributed by atoms with E-state index in [0.29, 0.717) is 31.2 Å². The summed E-state index contributed by atoms with van der Waals surface area (Å²) in [5, 5.41) is 12.4. The maximum absolute atomic E-state index is 12.5. The highest BCUT2D eigenvalue weighted by Gasteiger charge is 2.29. The summed E-state index contributed by atoms with van der Waals surface area (Å²) < 4.78 is 0. The van der Waals surface area contributed by atoms with Gasteiger partial charge in [-0.15, -0.1) is 0 Å². The number of aromatic nitrogens is 2. The van der Waals surface area contributed by atoms with Crippen molar-refractivity contribution in [3.8, 4) is 0 Å². The molecule has 1 aliphatic rings. The van der Waals surface area contributed by atoms with Gasteiger partial charge in [-0.2, -0.15) is 0 Å². The number of amides is 1. The van der Waals surface area contributed by atoms with Crippen LogP contribution in [0.4, 0.5) is 23.0 Å². The van der Waals surface area contributed by atoms with Crippen molar-refractivity contribution < 1.29 is 9.72 Å². The monoisotopic (exact) mass is 487 g/mol. The first-order valence-corrected chi connectivity index (χ1v) is 10.8. The molecule has 1 fully saturated rings. The molecule has 0 saturated carbocycles. The smallest absolute Gasteiger partial charge is 0.355 e. The highest BCUT2D eigenvalue weighted by Crippen LogP contribution is 2.32. The third kappa shape index (κ3) is 5.07. The Balaban J connectivity index is 1.49. The first-order valence-electron chi connectivity index (χ1n) is 10.00. The van der Waals surface area contributed by atoms with E-state index < -0.39 is 10.8 Å². The number of carbonyl (C=O) groups excluding carboxylic acids is 1. The van der Waals surface area contributed by atoms with E-state index in [4.69, 9.17) is 23.2 Å². The van der Waals surface area contributed by atoms with Crippen LogP contribution in [0.15, 0.2) is 54.9 Å². The minimum absolute atomic E-state index is 0.131. The van der Waals surface area contributed by atoms with Crippen LogP contribution >= 0.6 is 23.2 Å². The van der Waals surface area contributed by atoms with Gasteiger partial charge in [0.1, 0.15) is 6.33 Å². The Hall–Kier alpha value is -3.63. The summed E-state index contributed by atoms with van der Waals surface area (Å²) in [7, 11) is 0. The summed E-state index contributed by atoms with van der Waals surface area (Å²) in [4.78, 5) is 35.9. The van der Waals surface area contributed by atoms with Crippen molar-refractivity contribution >= 4 is 52.1 Å². The fourth-order valence-electron chi connectivity index (χ4n) is 3.53. The summed E-state index contributed by atoms with van der Waals surface area (Å²) in [5.74, 6) is -0.541. The second-order valence-electron chi connectivity index (χ2n) is 7.16. The standard InChI is InChI=1S/C21H19Cl2N7O3/c22-14-6-7-16(17(23)12-14)21(31)27-26-19-18(30(32)33)20(25-13-24-19)29-10-8-28(9-11-29)15-4-2-1-3-5-15/h1-7,12-13H,8-11H2,(H,27,31)(H,24,25,26). The van der Waals surface area contributed by atoms with Crippen LogP contribution in [-0.2, 0) is 0 Å². The fourth-order valence-corrected chi connectivity index (χ4v) is 4.03. The number of hydrogen-bond donors (Lipinski definition) is 2. The largest absolute Gasteiger partial charge is 0.368 e. The molecule has 0 spiro atoms. The quantitative estimate of drug-likeness (QED) is 0.398.